The molecule has 26 heavy (non-hydrogen) atoms. The van der Waals surface area contributed by atoms with Gasteiger partial charge >= 0.3 is 0 Å². The molecule has 1 aliphatic rings. The second kappa shape index (κ2) is 6.83. The van der Waals surface area contributed by atoms with E-state index in [1.165, 1.54) is 0 Å². The van der Waals surface area contributed by atoms with E-state index in [0.717, 1.165) is 22.2 Å². The molecule has 0 aliphatic carbocycles. The van der Waals surface area contributed by atoms with E-state index in [2.05, 4.69) is 20.3 Å². The Morgan fingerprint density at radius 2 is 2.04 bits per heavy atom. The van der Waals surface area contributed by atoms with Gasteiger partial charge in [0, 0.05) is 24.2 Å². The van der Waals surface area contributed by atoms with E-state index in [9.17, 15) is 5.11 Å². The van der Waals surface area contributed by atoms with Crippen molar-refractivity contribution < 1.29 is 14.4 Å². The number of ether oxygens (including phenoxy) is 1. The van der Waals surface area contributed by atoms with Crippen LogP contribution in [0.1, 0.15) is 19.4 Å². The molecular formula is C18H19ClN4O3. The number of fused-ring (bicyclic) bond motifs is 1. The highest BCUT2D eigenvalue weighted by Crippen LogP contribution is 2.41. The number of nitrogens with zero attached hydrogens (tertiary/aromatic N) is 4. The largest absolute Gasteiger partial charge is 0.392 e. The van der Waals surface area contributed by atoms with Gasteiger partial charge in [-0.2, -0.15) is 10.2 Å². The highest BCUT2D eigenvalue weighted by molar-refractivity contribution is 6.38. The first-order valence-electron chi connectivity index (χ1n) is 8.47. The SMILES string of the molecule is CC1CN(c2c(CO)cc3c(-c4ccnnc4)noc3c2Cl)CC(C)O1. The van der Waals surface area contributed by atoms with Crippen molar-refractivity contribution in [1.82, 2.24) is 15.4 Å². The number of benzene rings is 1. The zero-order valence-electron chi connectivity index (χ0n) is 14.5. The van der Waals surface area contributed by atoms with Crippen LogP contribution in [0, 0.1) is 0 Å². The van der Waals surface area contributed by atoms with Crippen LogP contribution in [0.3, 0.4) is 0 Å². The molecule has 1 saturated heterocycles. The third kappa shape index (κ3) is 2.92. The van der Waals surface area contributed by atoms with Crippen LogP contribution in [0.15, 0.2) is 29.0 Å². The standard InChI is InChI=1S/C18H19ClN4O3/c1-10-7-23(8-11(2)25-10)17-13(9-24)5-14-16(12-3-4-20-21-6-12)22-26-18(14)15(17)19/h3-6,10-11,24H,7-9H2,1-2H3. The average Bonchev–Trinajstić information content (AvgIpc) is 3.05. The van der Waals surface area contributed by atoms with Gasteiger partial charge in [0.05, 0.1) is 42.3 Å². The Balaban J connectivity index is 1.86. The van der Waals surface area contributed by atoms with Crippen LogP contribution in [0.2, 0.25) is 5.02 Å². The second-order valence-electron chi connectivity index (χ2n) is 6.56. The van der Waals surface area contributed by atoms with E-state index in [0.29, 0.717) is 29.4 Å². The summed E-state index contributed by atoms with van der Waals surface area (Å²) in [6.45, 7) is 5.30. The fourth-order valence-electron chi connectivity index (χ4n) is 3.54. The van der Waals surface area contributed by atoms with Crippen molar-refractivity contribution in [1.29, 1.82) is 0 Å². The molecule has 2 atom stereocenters. The Bertz CT molecular complexity index is 921. The van der Waals surface area contributed by atoms with Crippen LogP contribution in [0.25, 0.3) is 22.2 Å². The maximum Gasteiger partial charge on any atom is 0.188 e. The lowest BCUT2D eigenvalue weighted by Gasteiger charge is -2.38. The van der Waals surface area contributed by atoms with Gasteiger partial charge in [-0.3, -0.25) is 0 Å². The molecule has 0 bridgehead atoms. The molecule has 2 unspecified atom stereocenters. The van der Waals surface area contributed by atoms with Crippen molar-refractivity contribution in [2.24, 2.45) is 0 Å². The molecule has 136 valence electrons. The quantitative estimate of drug-likeness (QED) is 0.754. The maximum absolute atomic E-state index is 9.97. The first-order chi connectivity index (χ1) is 12.6. The third-order valence-corrected chi connectivity index (χ3v) is 4.87. The lowest BCUT2D eigenvalue weighted by Crippen LogP contribution is -2.46. The van der Waals surface area contributed by atoms with Crippen molar-refractivity contribution in [2.75, 3.05) is 18.0 Å². The van der Waals surface area contributed by atoms with E-state index in [1.807, 2.05) is 19.9 Å². The van der Waals surface area contributed by atoms with Crippen LogP contribution < -0.4 is 4.90 Å². The van der Waals surface area contributed by atoms with Crippen LogP contribution in [-0.4, -0.2) is 45.8 Å². The second-order valence-corrected chi connectivity index (χ2v) is 6.94. The van der Waals surface area contributed by atoms with Crippen molar-refractivity contribution in [2.45, 2.75) is 32.7 Å². The third-order valence-electron chi connectivity index (χ3n) is 4.52. The van der Waals surface area contributed by atoms with Gasteiger partial charge in [0.2, 0.25) is 0 Å². The lowest BCUT2D eigenvalue weighted by atomic mass is 10.0. The molecule has 0 saturated carbocycles. The summed E-state index contributed by atoms with van der Waals surface area (Å²) >= 11 is 6.70. The number of aliphatic hydroxyl groups excluding tert-OH is 1. The summed E-state index contributed by atoms with van der Waals surface area (Å²) in [5, 5.41) is 23.0. The van der Waals surface area contributed by atoms with Gasteiger partial charge in [-0.25, -0.2) is 0 Å². The first kappa shape index (κ1) is 17.2. The normalized spacial score (nSPS) is 20.7. The monoisotopic (exact) mass is 374 g/mol. The number of aliphatic hydroxyl groups is 1. The molecule has 1 fully saturated rings. The first-order valence-corrected chi connectivity index (χ1v) is 8.85. The topological polar surface area (TPSA) is 84.5 Å². The molecule has 0 radical (unpaired) electrons. The van der Waals surface area contributed by atoms with Crippen LogP contribution in [0.5, 0.6) is 0 Å². The number of hydrogen-bond donors (Lipinski definition) is 1. The molecule has 8 heteroatoms. The fourth-order valence-corrected chi connectivity index (χ4v) is 3.92. The predicted molar refractivity (Wildman–Crippen MR) is 98.2 cm³/mol. The van der Waals surface area contributed by atoms with E-state index < -0.39 is 0 Å². The molecule has 2 aromatic heterocycles. The van der Waals surface area contributed by atoms with Crippen LogP contribution >= 0.6 is 11.6 Å². The van der Waals surface area contributed by atoms with Gasteiger partial charge in [-0.15, -0.1) is 0 Å². The Morgan fingerprint density at radius 3 is 2.69 bits per heavy atom. The summed E-state index contributed by atoms with van der Waals surface area (Å²) in [6.07, 6.45) is 3.36. The van der Waals surface area contributed by atoms with Gasteiger partial charge in [-0.1, -0.05) is 16.8 Å². The van der Waals surface area contributed by atoms with Crippen LogP contribution in [0.4, 0.5) is 5.69 Å². The molecule has 3 heterocycles. The molecule has 0 spiro atoms. The highest BCUT2D eigenvalue weighted by Gasteiger charge is 2.28. The molecular weight excluding hydrogens is 356 g/mol. The minimum atomic E-state index is -0.135. The number of halogens is 1. The summed E-state index contributed by atoms with van der Waals surface area (Å²) in [7, 11) is 0. The average molecular weight is 375 g/mol. The molecule has 4 rings (SSSR count). The van der Waals surface area contributed by atoms with Gasteiger partial charge in [0.15, 0.2) is 5.58 Å². The van der Waals surface area contributed by atoms with Crippen molar-refractivity contribution in [3.8, 4) is 11.3 Å². The summed E-state index contributed by atoms with van der Waals surface area (Å²) in [6, 6.07) is 3.68. The van der Waals surface area contributed by atoms with E-state index in [1.54, 1.807) is 18.5 Å². The molecule has 0 amide bonds. The zero-order chi connectivity index (χ0) is 18.3. The number of hydrogen-bond acceptors (Lipinski definition) is 7. The molecule has 1 N–H and O–H groups in total. The fraction of sp³-hybridized carbons (Fsp3) is 0.389. The van der Waals surface area contributed by atoms with Crippen molar-refractivity contribution >= 4 is 28.3 Å². The predicted octanol–water partition coefficient (Wildman–Crippen LogP) is 3.04. The van der Waals surface area contributed by atoms with E-state index in [4.69, 9.17) is 20.9 Å². The Labute approximate surface area is 155 Å². The number of anilines is 1. The Hall–Kier alpha value is -2.22. The van der Waals surface area contributed by atoms with E-state index in [-0.39, 0.29) is 18.8 Å². The lowest BCUT2D eigenvalue weighted by molar-refractivity contribution is -0.00531. The maximum atomic E-state index is 9.97. The number of morpholine rings is 1. The zero-order valence-corrected chi connectivity index (χ0v) is 15.3. The Kier molecular flexibility index (Phi) is 4.52. The summed E-state index contributed by atoms with van der Waals surface area (Å²) < 4.78 is 11.4. The number of rotatable bonds is 3. The minimum absolute atomic E-state index is 0.0743. The summed E-state index contributed by atoms with van der Waals surface area (Å²) in [4.78, 5) is 2.14. The molecule has 3 aromatic rings. The molecule has 1 aromatic carbocycles. The highest BCUT2D eigenvalue weighted by atomic mass is 35.5. The summed E-state index contributed by atoms with van der Waals surface area (Å²) in [5.74, 6) is 0. The van der Waals surface area contributed by atoms with E-state index >= 15 is 0 Å². The van der Waals surface area contributed by atoms with Gasteiger partial charge in [0.1, 0.15) is 10.7 Å². The van der Waals surface area contributed by atoms with Gasteiger partial charge in [0.25, 0.3) is 0 Å². The van der Waals surface area contributed by atoms with Crippen LogP contribution in [-0.2, 0) is 11.3 Å². The van der Waals surface area contributed by atoms with Gasteiger partial charge in [-0.05, 0) is 26.0 Å². The minimum Gasteiger partial charge on any atom is -0.392 e. The molecule has 1 aliphatic heterocycles. The van der Waals surface area contributed by atoms with Crippen molar-refractivity contribution in [3.63, 3.8) is 0 Å². The number of aromatic nitrogens is 3. The smallest absolute Gasteiger partial charge is 0.188 e. The molecule has 7 nitrogen and oxygen atoms in total. The van der Waals surface area contributed by atoms with Crippen molar-refractivity contribution in [3.05, 3.63) is 35.1 Å². The summed E-state index contributed by atoms with van der Waals surface area (Å²) in [5.41, 5.74) is 3.41. The Morgan fingerprint density at radius 1 is 1.27 bits per heavy atom. The van der Waals surface area contributed by atoms with Gasteiger partial charge < -0.3 is 19.3 Å².